The molecule has 2 aromatic rings. The highest BCUT2D eigenvalue weighted by Crippen LogP contribution is 2.39. The number of ether oxygens (including phenoxy) is 1. The summed E-state index contributed by atoms with van der Waals surface area (Å²) in [5, 5.41) is 7.39. The van der Waals surface area contributed by atoms with Gasteiger partial charge in [-0.3, -0.25) is 4.79 Å². The van der Waals surface area contributed by atoms with Crippen molar-refractivity contribution >= 4 is 46.3 Å². The van der Waals surface area contributed by atoms with Gasteiger partial charge in [-0.25, -0.2) is 0 Å². The highest BCUT2D eigenvalue weighted by molar-refractivity contribution is 7.80. The van der Waals surface area contributed by atoms with Crippen molar-refractivity contribution in [3.8, 4) is 5.75 Å². The summed E-state index contributed by atoms with van der Waals surface area (Å²) in [6, 6.07) is 12.1. The van der Waals surface area contributed by atoms with Crippen LogP contribution in [-0.4, -0.2) is 17.0 Å². The Balaban J connectivity index is 2.07. The van der Waals surface area contributed by atoms with Crippen molar-refractivity contribution in [2.45, 2.75) is 32.9 Å². The Morgan fingerprint density at radius 2 is 1.75 bits per heavy atom. The van der Waals surface area contributed by atoms with E-state index in [1.165, 1.54) is 0 Å². The predicted molar refractivity (Wildman–Crippen MR) is 117 cm³/mol. The summed E-state index contributed by atoms with van der Waals surface area (Å²) in [5.74, 6) is 0.329. The van der Waals surface area contributed by atoms with E-state index in [1.54, 1.807) is 24.3 Å². The number of rotatable bonds is 5. The molecule has 3 rings (SSSR count). The first-order valence-electron chi connectivity index (χ1n) is 8.81. The highest BCUT2D eigenvalue weighted by Gasteiger charge is 2.31. The maximum atomic E-state index is 13.2. The van der Waals surface area contributed by atoms with Crippen molar-refractivity contribution in [3.05, 3.63) is 74.9 Å². The van der Waals surface area contributed by atoms with Crippen LogP contribution < -0.4 is 15.4 Å². The molecule has 0 bridgehead atoms. The molecular formula is C21H20Cl2N2O2S. The summed E-state index contributed by atoms with van der Waals surface area (Å²) in [5.41, 5.74) is 2.57. The lowest BCUT2D eigenvalue weighted by Gasteiger charge is -2.31. The standard InChI is InChI=1S/C21H20Cl2N2O2S/c1-11(2)27-20-15(22)9-14(10-16(20)23)18-17(12(3)24-21(28)25-18)19(26)13-7-5-4-6-8-13/h4-11,18H,1-3H3,(H2,24,25,28). The van der Waals surface area contributed by atoms with Crippen LogP contribution in [0.5, 0.6) is 5.75 Å². The summed E-state index contributed by atoms with van der Waals surface area (Å²) in [7, 11) is 0. The summed E-state index contributed by atoms with van der Waals surface area (Å²) in [4.78, 5) is 13.2. The number of benzene rings is 2. The summed E-state index contributed by atoms with van der Waals surface area (Å²) in [6.07, 6.45) is -0.0669. The Bertz CT molecular complexity index is 935. The van der Waals surface area contributed by atoms with Crippen LogP contribution >= 0.6 is 35.4 Å². The minimum atomic E-state index is -0.482. The van der Waals surface area contributed by atoms with Crippen LogP contribution in [0.3, 0.4) is 0 Å². The van der Waals surface area contributed by atoms with E-state index in [1.807, 2.05) is 39.0 Å². The normalized spacial score (nSPS) is 16.6. The molecule has 0 radical (unpaired) electrons. The molecule has 4 nitrogen and oxygen atoms in total. The minimum absolute atomic E-state index is 0.0669. The van der Waals surface area contributed by atoms with Crippen LogP contribution in [0.4, 0.5) is 0 Å². The van der Waals surface area contributed by atoms with E-state index in [2.05, 4.69) is 10.6 Å². The van der Waals surface area contributed by atoms with Crippen molar-refractivity contribution in [1.82, 2.24) is 10.6 Å². The van der Waals surface area contributed by atoms with E-state index in [0.29, 0.717) is 37.7 Å². The molecule has 1 aliphatic rings. The Morgan fingerprint density at radius 1 is 1.14 bits per heavy atom. The van der Waals surface area contributed by atoms with Gasteiger partial charge < -0.3 is 15.4 Å². The average Bonchev–Trinajstić information content (AvgIpc) is 2.64. The number of Topliss-reactive ketones (excluding diaryl/α,β-unsaturated/α-hetero) is 1. The Hall–Kier alpha value is -2.08. The van der Waals surface area contributed by atoms with Crippen LogP contribution in [0.15, 0.2) is 53.7 Å². The van der Waals surface area contributed by atoms with E-state index in [0.717, 1.165) is 5.56 Å². The fourth-order valence-electron chi connectivity index (χ4n) is 3.08. The van der Waals surface area contributed by atoms with Gasteiger partial charge in [0.05, 0.1) is 22.2 Å². The van der Waals surface area contributed by atoms with E-state index >= 15 is 0 Å². The lowest BCUT2D eigenvalue weighted by molar-refractivity contribution is 0.102. The zero-order chi connectivity index (χ0) is 20.4. The Kier molecular flexibility index (Phi) is 6.28. The molecule has 0 amide bonds. The first-order chi connectivity index (χ1) is 13.3. The van der Waals surface area contributed by atoms with Crippen LogP contribution in [-0.2, 0) is 0 Å². The third-order valence-corrected chi connectivity index (χ3v) is 5.04. The molecule has 1 heterocycles. The summed E-state index contributed by atoms with van der Waals surface area (Å²) in [6.45, 7) is 5.63. The molecule has 146 valence electrons. The molecule has 0 saturated heterocycles. The second-order valence-corrected chi connectivity index (χ2v) is 7.97. The SMILES string of the molecule is CC1=C(C(=O)c2ccccc2)C(c2cc(Cl)c(OC(C)C)c(Cl)c2)NC(=S)N1. The van der Waals surface area contributed by atoms with Gasteiger partial charge in [-0.05, 0) is 50.7 Å². The first kappa shape index (κ1) is 20.6. The monoisotopic (exact) mass is 434 g/mol. The van der Waals surface area contributed by atoms with Gasteiger partial charge in [0.25, 0.3) is 0 Å². The number of carbonyl (C=O) groups excluding carboxylic acids is 1. The maximum Gasteiger partial charge on any atom is 0.193 e. The van der Waals surface area contributed by atoms with E-state index in [-0.39, 0.29) is 11.9 Å². The predicted octanol–water partition coefficient (Wildman–Crippen LogP) is 5.46. The third-order valence-electron chi connectivity index (χ3n) is 4.26. The van der Waals surface area contributed by atoms with Crippen LogP contribution in [0.1, 0.15) is 42.7 Å². The molecule has 0 aromatic heterocycles. The van der Waals surface area contributed by atoms with Crippen molar-refractivity contribution in [2.75, 3.05) is 0 Å². The second-order valence-electron chi connectivity index (χ2n) is 6.75. The molecule has 1 unspecified atom stereocenters. The number of ketones is 1. The molecule has 0 fully saturated rings. The van der Waals surface area contributed by atoms with Gasteiger partial charge in [0.2, 0.25) is 0 Å². The quantitative estimate of drug-likeness (QED) is 0.483. The van der Waals surface area contributed by atoms with Gasteiger partial charge >= 0.3 is 0 Å². The Morgan fingerprint density at radius 3 is 2.32 bits per heavy atom. The Labute approximate surface area is 179 Å². The molecule has 1 atom stereocenters. The molecule has 28 heavy (non-hydrogen) atoms. The number of nitrogens with one attached hydrogen (secondary N) is 2. The topological polar surface area (TPSA) is 50.4 Å². The van der Waals surface area contributed by atoms with Gasteiger partial charge in [0.15, 0.2) is 16.6 Å². The smallest absolute Gasteiger partial charge is 0.193 e. The van der Waals surface area contributed by atoms with Gasteiger partial charge in [-0.2, -0.15) is 0 Å². The lowest BCUT2D eigenvalue weighted by Crippen LogP contribution is -2.44. The third kappa shape index (κ3) is 4.32. The maximum absolute atomic E-state index is 13.2. The lowest BCUT2D eigenvalue weighted by atomic mass is 9.89. The van der Waals surface area contributed by atoms with Gasteiger partial charge in [-0.1, -0.05) is 53.5 Å². The van der Waals surface area contributed by atoms with Gasteiger partial charge in [0.1, 0.15) is 0 Å². The molecule has 1 aliphatic heterocycles. The molecule has 0 saturated carbocycles. The van der Waals surface area contributed by atoms with Crippen molar-refractivity contribution in [1.29, 1.82) is 0 Å². The number of thiocarbonyl (C=S) groups is 1. The molecule has 0 aliphatic carbocycles. The van der Waals surface area contributed by atoms with Gasteiger partial charge in [0, 0.05) is 16.8 Å². The largest absolute Gasteiger partial charge is 0.488 e. The fourth-order valence-corrected chi connectivity index (χ4v) is 3.95. The molecule has 0 spiro atoms. The van der Waals surface area contributed by atoms with Crippen molar-refractivity contribution in [2.24, 2.45) is 0 Å². The zero-order valence-corrected chi connectivity index (χ0v) is 18.0. The minimum Gasteiger partial charge on any atom is -0.488 e. The number of carbonyl (C=O) groups is 1. The van der Waals surface area contributed by atoms with Crippen LogP contribution in [0.25, 0.3) is 0 Å². The molecule has 2 aromatic carbocycles. The van der Waals surface area contributed by atoms with E-state index < -0.39 is 6.04 Å². The summed E-state index contributed by atoms with van der Waals surface area (Å²) < 4.78 is 5.70. The fraction of sp³-hybridized carbons (Fsp3) is 0.238. The first-order valence-corrected chi connectivity index (χ1v) is 9.98. The molecule has 2 N–H and O–H groups in total. The summed E-state index contributed by atoms with van der Waals surface area (Å²) >= 11 is 18.2. The van der Waals surface area contributed by atoms with Crippen LogP contribution in [0, 0.1) is 0 Å². The van der Waals surface area contributed by atoms with E-state index in [9.17, 15) is 4.79 Å². The molecular weight excluding hydrogens is 415 g/mol. The van der Waals surface area contributed by atoms with E-state index in [4.69, 9.17) is 40.2 Å². The average molecular weight is 435 g/mol. The van der Waals surface area contributed by atoms with Crippen LogP contribution in [0.2, 0.25) is 10.0 Å². The molecule has 7 heteroatoms. The van der Waals surface area contributed by atoms with Crippen molar-refractivity contribution < 1.29 is 9.53 Å². The number of hydrogen-bond acceptors (Lipinski definition) is 3. The number of halogens is 2. The van der Waals surface area contributed by atoms with Gasteiger partial charge in [-0.15, -0.1) is 0 Å². The number of hydrogen-bond donors (Lipinski definition) is 2. The highest BCUT2D eigenvalue weighted by atomic mass is 35.5. The zero-order valence-electron chi connectivity index (χ0n) is 15.7. The number of allylic oxidation sites excluding steroid dienone is 1. The second kappa shape index (κ2) is 8.52. The van der Waals surface area contributed by atoms with Crippen molar-refractivity contribution in [3.63, 3.8) is 0 Å².